The van der Waals surface area contributed by atoms with E-state index in [0.717, 1.165) is 0 Å². The van der Waals surface area contributed by atoms with Crippen molar-refractivity contribution in [1.29, 1.82) is 0 Å². The van der Waals surface area contributed by atoms with E-state index in [-0.39, 0.29) is 0 Å². The van der Waals surface area contributed by atoms with Crippen LogP contribution in [0.1, 0.15) is 27.2 Å². The number of rotatable bonds is 1. The molecule has 1 aliphatic carbocycles. The predicted molar refractivity (Wildman–Crippen MR) is 50.4 cm³/mol. The zero-order valence-corrected chi connectivity index (χ0v) is 7.59. The Morgan fingerprint density at radius 2 is 2.27 bits per heavy atom. The molecule has 0 heteroatoms. The third kappa shape index (κ3) is 2.07. The van der Waals surface area contributed by atoms with Gasteiger partial charge in [0.1, 0.15) is 0 Å². The summed E-state index contributed by atoms with van der Waals surface area (Å²) in [4.78, 5) is 0. The second-order valence-corrected chi connectivity index (χ2v) is 3.23. The number of hydrogen-bond acceptors (Lipinski definition) is 0. The van der Waals surface area contributed by atoms with E-state index in [1.807, 2.05) is 0 Å². The fraction of sp³-hybridized carbons (Fsp3) is 0.455. The Morgan fingerprint density at radius 1 is 1.55 bits per heavy atom. The van der Waals surface area contributed by atoms with Crippen molar-refractivity contribution < 1.29 is 0 Å². The lowest BCUT2D eigenvalue weighted by Gasteiger charge is -2.15. The molecule has 0 aliphatic heterocycles. The Hall–Kier alpha value is -0.780. The zero-order valence-electron chi connectivity index (χ0n) is 7.59. The van der Waals surface area contributed by atoms with Gasteiger partial charge in [0.15, 0.2) is 0 Å². The summed E-state index contributed by atoms with van der Waals surface area (Å²) in [5, 5.41) is 0. The van der Waals surface area contributed by atoms with Crippen LogP contribution in [0.25, 0.3) is 0 Å². The highest BCUT2D eigenvalue weighted by Gasteiger charge is 2.08. The third-order valence-electron chi connectivity index (χ3n) is 2.12. The molecule has 0 fully saturated rings. The normalized spacial score (nSPS) is 25.2. The van der Waals surface area contributed by atoms with E-state index in [1.54, 1.807) is 0 Å². The second-order valence-electron chi connectivity index (χ2n) is 3.23. The van der Waals surface area contributed by atoms with Crippen LogP contribution in [0.5, 0.6) is 0 Å². The van der Waals surface area contributed by atoms with Crippen LogP contribution in [-0.2, 0) is 0 Å². The van der Waals surface area contributed by atoms with Crippen LogP contribution >= 0.6 is 0 Å². The molecule has 0 heterocycles. The maximum absolute atomic E-state index is 2.30. The summed E-state index contributed by atoms with van der Waals surface area (Å²) in [6, 6.07) is 0. The predicted octanol–water partition coefficient (Wildman–Crippen LogP) is 3.48. The molecule has 0 radical (unpaired) electrons. The first-order valence-corrected chi connectivity index (χ1v) is 4.25. The van der Waals surface area contributed by atoms with Crippen LogP contribution in [0.2, 0.25) is 0 Å². The van der Waals surface area contributed by atoms with E-state index >= 15 is 0 Å². The lowest BCUT2D eigenvalue weighted by atomic mass is 9.90. The molecular weight excluding hydrogens is 132 g/mol. The Bertz CT molecular complexity index is 216. The average molecular weight is 148 g/mol. The summed E-state index contributed by atoms with van der Waals surface area (Å²) in [6.07, 6.45) is 10.1. The molecule has 0 aromatic rings. The SMILES string of the molecule is CC=CC1=CC(C)=CCC1C. The minimum atomic E-state index is 0.704. The molecule has 0 N–H and O–H groups in total. The molecule has 0 nitrogen and oxygen atoms in total. The van der Waals surface area contributed by atoms with Crippen molar-refractivity contribution >= 4 is 0 Å². The molecule has 1 rings (SSSR count). The average Bonchev–Trinajstić information content (AvgIpc) is 1.98. The van der Waals surface area contributed by atoms with Gasteiger partial charge < -0.3 is 0 Å². The smallest absolute Gasteiger partial charge is 0.0156 e. The van der Waals surface area contributed by atoms with Crippen molar-refractivity contribution in [3.63, 3.8) is 0 Å². The molecule has 0 aromatic carbocycles. The first-order valence-electron chi connectivity index (χ1n) is 4.25. The van der Waals surface area contributed by atoms with E-state index in [4.69, 9.17) is 0 Å². The monoisotopic (exact) mass is 148 g/mol. The summed E-state index contributed by atoms with van der Waals surface area (Å²) in [7, 11) is 0. The summed E-state index contributed by atoms with van der Waals surface area (Å²) in [5.41, 5.74) is 2.86. The molecule has 0 amide bonds. The lowest BCUT2D eigenvalue weighted by molar-refractivity contribution is 0.698. The van der Waals surface area contributed by atoms with Crippen LogP contribution in [0.3, 0.4) is 0 Å². The van der Waals surface area contributed by atoms with Gasteiger partial charge in [-0.3, -0.25) is 0 Å². The first-order chi connectivity index (χ1) is 5.24. The lowest BCUT2D eigenvalue weighted by Crippen LogP contribution is -2.00. The zero-order chi connectivity index (χ0) is 8.27. The Morgan fingerprint density at radius 3 is 2.91 bits per heavy atom. The van der Waals surface area contributed by atoms with E-state index in [2.05, 4.69) is 45.1 Å². The fourth-order valence-corrected chi connectivity index (χ4v) is 1.37. The standard InChI is InChI=1S/C11H16/c1-4-5-11-8-9(2)6-7-10(11)3/h4-6,8,10H,7H2,1-3H3. The van der Waals surface area contributed by atoms with Gasteiger partial charge in [-0.1, -0.05) is 36.8 Å². The van der Waals surface area contributed by atoms with Gasteiger partial charge in [-0.25, -0.2) is 0 Å². The van der Waals surface area contributed by atoms with Gasteiger partial charge in [-0.15, -0.1) is 0 Å². The van der Waals surface area contributed by atoms with Crippen molar-refractivity contribution in [2.75, 3.05) is 0 Å². The second kappa shape index (κ2) is 3.56. The van der Waals surface area contributed by atoms with Crippen LogP contribution in [-0.4, -0.2) is 0 Å². The maximum Gasteiger partial charge on any atom is -0.0156 e. The largest absolute Gasteiger partial charge is 0.0874 e. The van der Waals surface area contributed by atoms with Crippen molar-refractivity contribution in [1.82, 2.24) is 0 Å². The molecule has 11 heavy (non-hydrogen) atoms. The van der Waals surface area contributed by atoms with E-state index in [0.29, 0.717) is 5.92 Å². The third-order valence-corrected chi connectivity index (χ3v) is 2.12. The molecule has 0 bridgehead atoms. The highest BCUT2D eigenvalue weighted by molar-refractivity contribution is 5.34. The topological polar surface area (TPSA) is 0 Å². The molecule has 0 saturated heterocycles. The van der Waals surface area contributed by atoms with Gasteiger partial charge in [-0.2, -0.15) is 0 Å². The molecule has 0 aromatic heterocycles. The summed E-state index contributed by atoms with van der Waals surface area (Å²) in [6.45, 7) is 6.51. The van der Waals surface area contributed by atoms with Crippen LogP contribution < -0.4 is 0 Å². The highest BCUT2D eigenvalue weighted by Crippen LogP contribution is 2.23. The summed E-state index contributed by atoms with van der Waals surface area (Å²) >= 11 is 0. The van der Waals surface area contributed by atoms with Crippen LogP contribution in [0.4, 0.5) is 0 Å². The van der Waals surface area contributed by atoms with Crippen molar-refractivity contribution in [3.8, 4) is 0 Å². The van der Waals surface area contributed by atoms with Gasteiger partial charge in [0.25, 0.3) is 0 Å². The van der Waals surface area contributed by atoms with Gasteiger partial charge in [-0.05, 0) is 31.8 Å². The van der Waals surface area contributed by atoms with Crippen molar-refractivity contribution in [3.05, 3.63) is 35.5 Å². The molecule has 0 spiro atoms. The van der Waals surface area contributed by atoms with Crippen LogP contribution in [0, 0.1) is 5.92 Å². The van der Waals surface area contributed by atoms with E-state index < -0.39 is 0 Å². The Labute approximate surface area is 69.3 Å². The quantitative estimate of drug-likeness (QED) is 0.534. The van der Waals surface area contributed by atoms with Crippen LogP contribution in [0.15, 0.2) is 35.5 Å². The fourth-order valence-electron chi connectivity index (χ4n) is 1.37. The van der Waals surface area contributed by atoms with Crippen molar-refractivity contribution in [2.45, 2.75) is 27.2 Å². The molecule has 1 aliphatic rings. The highest BCUT2D eigenvalue weighted by atomic mass is 14.1. The maximum atomic E-state index is 2.30. The van der Waals surface area contributed by atoms with Gasteiger partial charge in [0.2, 0.25) is 0 Å². The molecule has 1 unspecified atom stereocenters. The molecule has 1 atom stereocenters. The summed E-state index contributed by atoms with van der Waals surface area (Å²) in [5.74, 6) is 0.704. The minimum Gasteiger partial charge on any atom is -0.0874 e. The molecular formula is C11H16. The Balaban J connectivity index is 2.80. The molecule has 0 saturated carbocycles. The number of allylic oxidation sites excluding steroid dienone is 6. The van der Waals surface area contributed by atoms with E-state index in [9.17, 15) is 0 Å². The minimum absolute atomic E-state index is 0.704. The van der Waals surface area contributed by atoms with Gasteiger partial charge >= 0.3 is 0 Å². The van der Waals surface area contributed by atoms with Crippen molar-refractivity contribution in [2.24, 2.45) is 5.92 Å². The first kappa shape index (κ1) is 8.32. The Kier molecular flexibility index (Phi) is 2.70. The van der Waals surface area contributed by atoms with E-state index in [1.165, 1.54) is 17.6 Å². The van der Waals surface area contributed by atoms with Gasteiger partial charge in [0.05, 0.1) is 0 Å². The van der Waals surface area contributed by atoms with Gasteiger partial charge in [0, 0.05) is 0 Å². The summed E-state index contributed by atoms with van der Waals surface area (Å²) < 4.78 is 0. The molecule has 60 valence electrons. The number of hydrogen-bond donors (Lipinski definition) is 0.